The highest BCUT2D eigenvalue weighted by Gasteiger charge is 2.32. The Bertz CT molecular complexity index is 307. The minimum absolute atomic E-state index is 0.215. The van der Waals surface area contributed by atoms with Crippen molar-refractivity contribution in [2.45, 2.75) is 25.8 Å². The van der Waals surface area contributed by atoms with Crippen LogP contribution in [0.3, 0.4) is 0 Å². The van der Waals surface area contributed by atoms with Crippen LogP contribution in [-0.4, -0.2) is 56.3 Å². The highest BCUT2D eigenvalue weighted by Crippen LogP contribution is 2.12. The van der Waals surface area contributed by atoms with Crippen LogP contribution in [0.15, 0.2) is 0 Å². The monoisotopic (exact) mass is 252 g/mol. The second kappa shape index (κ2) is 5.42. The Labute approximate surface area is 96.8 Å². The van der Waals surface area contributed by atoms with Crippen molar-refractivity contribution in [3.8, 4) is 0 Å². The molecule has 6 nitrogen and oxygen atoms in total. The van der Waals surface area contributed by atoms with Gasteiger partial charge in [0.05, 0.1) is 25.4 Å². The van der Waals surface area contributed by atoms with Crippen LogP contribution in [0.4, 0.5) is 0 Å². The first-order valence-electron chi connectivity index (χ1n) is 5.41. The highest BCUT2D eigenvalue weighted by molar-refractivity contribution is 7.87. The Balaban J connectivity index is 2.70. The van der Waals surface area contributed by atoms with Crippen molar-refractivity contribution in [3.63, 3.8) is 0 Å². The maximum atomic E-state index is 12.0. The normalized spacial score (nSPS) is 22.9. The predicted octanol–water partition coefficient (Wildman–Crippen LogP) is -0.686. The van der Waals surface area contributed by atoms with Gasteiger partial charge in [0.25, 0.3) is 10.2 Å². The fourth-order valence-electron chi connectivity index (χ4n) is 1.38. The van der Waals surface area contributed by atoms with E-state index in [9.17, 15) is 13.5 Å². The van der Waals surface area contributed by atoms with E-state index in [1.807, 2.05) is 6.92 Å². The molecule has 0 saturated carbocycles. The summed E-state index contributed by atoms with van der Waals surface area (Å²) in [7, 11) is -3.52. The van der Waals surface area contributed by atoms with Gasteiger partial charge in [0, 0.05) is 13.1 Å². The maximum Gasteiger partial charge on any atom is 0.280 e. The SMILES string of the molecule is CCC(C)(CO)NS(=O)(=O)N1CCOCC1. The molecule has 1 aliphatic heterocycles. The summed E-state index contributed by atoms with van der Waals surface area (Å²) in [5.74, 6) is 0. The van der Waals surface area contributed by atoms with Gasteiger partial charge in [0.2, 0.25) is 0 Å². The van der Waals surface area contributed by atoms with Crippen LogP contribution in [0.5, 0.6) is 0 Å². The van der Waals surface area contributed by atoms with Gasteiger partial charge >= 0.3 is 0 Å². The topological polar surface area (TPSA) is 78.9 Å². The zero-order chi connectivity index (χ0) is 12.2. The lowest BCUT2D eigenvalue weighted by Gasteiger charge is -2.32. The molecule has 96 valence electrons. The van der Waals surface area contributed by atoms with Crippen LogP contribution in [-0.2, 0) is 14.9 Å². The Hall–Kier alpha value is -0.210. The molecule has 0 aromatic rings. The van der Waals surface area contributed by atoms with E-state index in [1.165, 1.54) is 4.31 Å². The third-order valence-corrected chi connectivity index (χ3v) is 4.61. The Kier molecular flexibility index (Phi) is 4.69. The molecule has 1 rings (SSSR count). The Morgan fingerprint density at radius 2 is 2.00 bits per heavy atom. The van der Waals surface area contributed by atoms with E-state index in [1.54, 1.807) is 6.92 Å². The number of hydrogen-bond donors (Lipinski definition) is 2. The summed E-state index contributed by atoms with van der Waals surface area (Å²) in [5.41, 5.74) is -0.795. The molecule has 1 saturated heterocycles. The van der Waals surface area contributed by atoms with Crippen molar-refractivity contribution >= 4 is 10.2 Å². The molecule has 1 fully saturated rings. The fourth-order valence-corrected chi connectivity index (χ4v) is 2.97. The lowest BCUT2D eigenvalue weighted by molar-refractivity contribution is 0.0714. The molecule has 7 heteroatoms. The number of nitrogens with one attached hydrogen (secondary N) is 1. The first-order chi connectivity index (χ1) is 7.43. The third-order valence-electron chi connectivity index (χ3n) is 2.81. The van der Waals surface area contributed by atoms with Gasteiger partial charge in [-0.05, 0) is 13.3 Å². The van der Waals surface area contributed by atoms with Crippen molar-refractivity contribution in [2.75, 3.05) is 32.9 Å². The first-order valence-corrected chi connectivity index (χ1v) is 6.85. The van der Waals surface area contributed by atoms with E-state index in [4.69, 9.17) is 4.74 Å². The lowest BCUT2D eigenvalue weighted by Crippen LogP contribution is -2.55. The average Bonchev–Trinajstić information content (AvgIpc) is 2.29. The summed E-state index contributed by atoms with van der Waals surface area (Å²) in [5, 5.41) is 9.18. The summed E-state index contributed by atoms with van der Waals surface area (Å²) >= 11 is 0. The van der Waals surface area contributed by atoms with Crippen LogP contribution < -0.4 is 4.72 Å². The van der Waals surface area contributed by atoms with Gasteiger partial charge in [-0.2, -0.15) is 17.4 Å². The number of nitrogens with zero attached hydrogens (tertiary/aromatic N) is 1. The molecule has 1 heterocycles. The van der Waals surface area contributed by atoms with Crippen LogP contribution in [0.2, 0.25) is 0 Å². The molecule has 0 bridgehead atoms. The molecule has 1 atom stereocenters. The largest absolute Gasteiger partial charge is 0.394 e. The van der Waals surface area contributed by atoms with Crippen LogP contribution in [0, 0.1) is 0 Å². The zero-order valence-corrected chi connectivity index (χ0v) is 10.6. The summed E-state index contributed by atoms with van der Waals surface area (Å²) in [6.07, 6.45) is 0.535. The summed E-state index contributed by atoms with van der Waals surface area (Å²) in [6, 6.07) is 0. The molecule has 1 aliphatic rings. The van der Waals surface area contributed by atoms with E-state index in [0.717, 1.165) is 0 Å². The number of ether oxygens (including phenoxy) is 1. The molecular formula is C9H20N2O4S. The zero-order valence-electron chi connectivity index (χ0n) is 9.77. The number of hydrogen-bond acceptors (Lipinski definition) is 4. The van der Waals surface area contributed by atoms with E-state index < -0.39 is 15.7 Å². The molecule has 1 unspecified atom stereocenters. The lowest BCUT2D eigenvalue weighted by atomic mass is 10.0. The molecular weight excluding hydrogens is 232 g/mol. The van der Waals surface area contributed by atoms with E-state index >= 15 is 0 Å². The minimum Gasteiger partial charge on any atom is -0.394 e. The molecule has 0 radical (unpaired) electrons. The van der Waals surface area contributed by atoms with Gasteiger partial charge in [0.1, 0.15) is 0 Å². The smallest absolute Gasteiger partial charge is 0.280 e. The number of morpholine rings is 1. The van der Waals surface area contributed by atoms with Crippen LogP contribution >= 0.6 is 0 Å². The number of aliphatic hydroxyl groups excluding tert-OH is 1. The molecule has 0 aromatic carbocycles. The molecule has 16 heavy (non-hydrogen) atoms. The molecule has 2 N–H and O–H groups in total. The minimum atomic E-state index is -3.52. The Morgan fingerprint density at radius 1 is 1.44 bits per heavy atom. The van der Waals surface area contributed by atoms with Gasteiger partial charge in [0.15, 0.2) is 0 Å². The second-order valence-electron chi connectivity index (χ2n) is 4.19. The van der Waals surface area contributed by atoms with Crippen LogP contribution in [0.1, 0.15) is 20.3 Å². The number of rotatable bonds is 5. The van der Waals surface area contributed by atoms with Gasteiger partial charge in [-0.3, -0.25) is 0 Å². The van der Waals surface area contributed by atoms with Crippen molar-refractivity contribution in [2.24, 2.45) is 0 Å². The van der Waals surface area contributed by atoms with Crippen molar-refractivity contribution < 1.29 is 18.3 Å². The highest BCUT2D eigenvalue weighted by atomic mass is 32.2. The van der Waals surface area contributed by atoms with Crippen molar-refractivity contribution in [1.29, 1.82) is 0 Å². The van der Waals surface area contributed by atoms with Crippen molar-refractivity contribution in [1.82, 2.24) is 9.03 Å². The van der Waals surface area contributed by atoms with Gasteiger partial charge in [-0.1, -0.05) is 6.92 Å². The number of aliphatic hydroxyl groups is 1. The average molecular weight is 252 g/mol. The molecule has 0 aromatic heterocycles. The van der Waals surface area contributed by atoms with Gasteiger partial charge in [-0.15, -0.1) is 0 Å². The first kappa shape index (κ1) is 13.9. The summed E-state index contributed by atoms with van der Waals surface area (Å²) in [4.78, 5) is 0. The Morgan fingerprint density at radius 3 is 2.44 bits per heavy atom. The molecule has 0 spiro atoms. The molecule has 0 aliphatic carbocycles. The van der Waals surface area contributed by atoms with E-state index in [2.05, 4.69) is 4.72 Å². The van der Waals surface area contributed by atoms with E-state index in [0.29, 0.717) is 32.7 Å². The van der Waals surface area contributed by atoms with E-state index in [-0.39, 0.29) is 6.61 Å². The van der Waals surface area contributed by atoms with Gasteiger partial charge in [-0.25, -0.2) is 0 Å². The molecule has 0 amide bonds. The summed E-state index contributed by atoms with van der Waals surface area (Å²) in [6.45, 7) is 4.86. The second-order valence-corrected chi connectivity index (χ2v) is 5.86. The van der Waals surface area contributed by atoms with Gasteiger partial charge < -0.3 is 9.84 Å². The van der Waals surface area contributed by atoms with Crippen LogP contribution in [0.25, 0.3) is 0 Å². The quantitative estimate of drug-likeness (QED) is 0.679. The fraction of sp³-hybridized carbons (Fsp3) is 1.00. The third kappa shape index (κ3) is 3.39. The maximum absolute atomic E-state index is 12.0. The standard InChI is InChI=1S/C9H20N2O4S/c1-3-9(2,8-12)10-16(13,14)11-4-6-15-7-5-11/h10,12H,3-8H2,1-2H3. The summed E-state index contributed by atoms with van der Waals surface area (Å²) < 4.78 is 32.9. The predicted molar refractivity (Wildman–Crippen MR) is 60.2 cm³/mol. The van der Waals surface area contributed by atoms with Crippen molar-refractivity contribution in [3.05, 3.63) is 0 Å².